The minimum atomic E-state index is -0.319. The van der Waals surface area contributed by atoms with Gasteiger partial charge in [-0.1, -0.05) is 12.1 Å². The van der Waals surface area contributed by atoms with Gasteiger partial charge in [-0.3, -0.25) is 9.69 Å². The molecule has 1 fully saturated rings. The van der Waals surface area contributed by atoms with Crippen molar-refractivity contribution in [2.24, 2.45) is 0 Å². The quantitative estimate of drug-likeness (QED) is 0.860. The van der Waals surface area contributed by atoms with Crippen LogP contribution in [0.5, 0.6) is 5.75 Å². The van der Waals surface area contributed by atoms with Crippen LogP contribution in [0, 0.1) is 5.82 Å². The molecule has 3 rings (SSSR count). The molecular formula is C19H23FN4O2. The lowest BCUT2D eigenvalue weighted by Crippen LogP contribution is -2.26. The van der Waals surface area contributed by atoms with Crippen LogP contribution in [-0.2, 0) is 17.9 Å². The molecule has 7 heteroatoms. The molecule has 0 radical (unpaired) electrons. The van der Waals surface area contributed by atoms with E-state index in [2.05, 4.69) is 20.2 Å². The summed E-state index contributed by atoms with van der Waals surface area (Å²) in [6, 6.07) is 7.03. The molecule has 1 saturated heterocycles. The van der Waals surface area contributed by atoms with Gasteiger partial charge in [0.25, 0.3) is 0 Å². The molecule has 1 aliphatic rings. The van der Waals surface area contributed by atoms with Crippen molar-refractivity contribution in [2.75, 3.05) is 13.7 Å². The third kappa shape index (κ3) is 4.16. The Kier molecular flexibility index (Phi) is 5.78. The molecule has 1 N–H and O–H groups in total. The highest BCUT2D eigenvalue weighted by Gasteiger charge is 2.29. The van der Waals surface area contributed by atoms with Crippen LogP contribution in [-0.4, -0.2) is 34.4 Å². The second-order valence-electron chi connectivity index (χ2n) is 6.38. The number of carbonyl (C=O) groups excluding carboxylic acids is 1. The first-order chi connectivity index (χ1) is 12.6. The molecule has 6 nitrogen and oxygen atoms in total. The molecule has 2 aromatic rings. The zero-order valence-corrected chi connectivity index (χ0v) is 15.0. The predicted octanol–water partition coefficient (Wildman–Crippen LogP) is 2.60. The Morgan fingerprint density at radius 1 is 1.42 bits per heavy atom. The summed E-state index contributed by atoms with van der Waals surface area (Å²) in [7, 11) is 1.47. The third-order valence-corrected chi connectivity index (χ3v) is 4.55. The van der Waals surface area contributed by atoms with Gasteiger partial charge < -0.3 is 10.1 Å². The number of aromatic nitrogens is 2. The fraction of sp³-hybridized carbons (Fsp3) is 0.421. The van der Waals surface area contributed by atoms with Gasteiger partial charge in [0, 0.05) is 25.2 Å². The first kappa shape index (κ1) is 18.3. The van der Waals surface area contributed by atoms with E-state index in [0.29, 0.717) is 24.5 Å². The minimum absolute atomic E-state index is 0.0397. The van der Waals surface area contributed by atoms with E-state index in [0.717, 1.165) is 25.1 Å². The number of carbonyl (C=O) groups is 1. The molecule has 0 bridgehead atoms. The lowest BCUT2D eigenvalue weighted by molar-refractivity contribution is -0.119. The topological polar surface area (TPSA) is 67.3 Å². The highest BCUT2D eigenvalue weighted by molar-refractivity contribution is 5.72. The van der Waals surface area contributed by atoms with E-state index in [1.807, 2.05) is 0 Å². The lowest BCUT2D eigenvalue weighted by atomic mass is 10.1. The van der Waals surface area contributed by atoms with Gasteiger partial charge in [0.05, 0.1) is 25.4 Å². The highest BCUT2D eigenvalue weighted by atomic mass is 19.1. The van der Waals surface area contributed by atoms with Crippen LogP contribution < -0.4 is 10.1 Å². The van der Waals surface area contributed by atoms with Crippen molar-refractivity contribution in [3.05, 3.63) is 53.4 Å². The summed E-state index contributed by atoms with van der Waals surface area (Å²) in [4.78, 5) is 22.3. The van der Waals surface area contributed by atoms with Gasteiger partial charge in [-0.25, -0.2) is 14.4 Å². The number of hydrogen-bond acceptors (Lipinski definition) is 5. The zero-order valence-electron chi connectivity index (χ0n) is 15.0. The van der Waals surface area contributed by atoms with Gasteiger partial charge in [-0.05, 0) is 31.5 Å². The first-order valence-electron chi connectivity index (χ1n) is 8.70. The van der Waals surface area contributed by atoms with Crippen LogP contribution in [0.4, 0.5) is 4.39 Å². The third-order valence-electron chi connectivity index (χ3n) is 4.55. The number of benzene rings is 1. The van der Waals surface area contributed by atoms with Crippen LogP contribution in [0.3, 0.4) is 0 Å². The van der Waals surface area contributed by atoms with Crippen molar-refractivity contribution in [1.29, 1.82) is 0 Å². The number of nitrogens with zero attached hydrogens (tertiary/aromatic N) is 3. The van der Waals surface area contributed by atoms with Gasteiger partial charge >= 0.3 is 0 Å². The molecule has 1 atom stereocenters. The summed E-state index contributed by atoms with van der Waals surface area (Å²) in [5, 5.41) is 2.74. The van der Waals surface area contributed by atoms with E-state index in [9.17, 15) is 9.18 Å². The van der Waals surface area contributed by atoms with Crippen molar-refractivity contribution in [3.63, 3.8) is 0 Å². The fourth-order valence-electron chi connectivity index (χ4n) is 3.25. The zero-order chi connectivity index (χ0) is 18.5. The maximum Gasteiger partial charge on any atom is 0.217 e. The second kappa shape index (κ2) is 8.23. The molecule has 1 aromatic heterocycles. The molecule has 1 amide bonds. The number of rotatable bonds is 6. The highest BCUT2D eigenvalue weighted by Crippen LogP contribution is 2.32. The molecule has 1 aromatic carbocycles. The summed E-state index contributed by atoms with van der Waals surface area (Å²) in [6.07, 6.45) is 3.65. The van der Waals surface area contributed by atoms with E-state index >= 15 is 0 Å². The Morgan fingerprint density at radius 2 is 2.27 bits per heavy atom. The Morgan fingerprint density at radius 3 is 3.04 bits per heavy atom. The van der Waals surface area contributed by atoms with Crippen LogP contribution in [0.1, 0.15) is 42.9 Å². The van der Waals surface area contributed by atoms with Gasteiger partial charge in [-0.2, -0.15) is 0 Å². The Labute approximate surface area is 152 Å². The van der Waals surface area contributed by atoms with E-state index in [4.69, 9.17) is 4.74 Å². The maximum absolute atomic E-state index is 14.5. The second-order valence-corrected chi connectivity index (χ2v) is 6.38. The standard InChI is InChI=1S/C19H23FN4O2/c1-13(25)22-11-15-8-9-21-19(23-15)16-6-4-10-24(16)12-14-5-3-7-17(26-2)18(14)20/h3,5,7-9,16H,4,6,10-12H2,1-2H3,(H,22,25)/t16-/m0/s1. The predicted molar refractivity (Wildman–Crippen MR) is 94.9 cm³/mol. The molecule has 0 spiro atoms. The monoisotopic (exact) mass is 358 g/mol. The largest absolute Gasteiger partial charge is 0.494 e. The summed E-state index contributed by atoms with van der Waals surface area (Å²) >= 11 is 0. The molecule has 138 valence electrons. The fourth-order valence-corrected chi connectivity index (χ4v) is 3.25. The van der Waals surface area contributed by atoms with Crippen molar-refractivity contribution in [2.45, 2.75) is 38.9 Å². The van der Waals surface area contributed by atoms with E-state index in [-0.39, 0.29) is 23.5 Å². The average molecular weight is 358 g/mol. The van der Waals surface area contributed by atoms with E-state index < -0.39 is 0 Å². The van der Waals surface area contributed by atoms with Gasteiger partial charge in [0.1, 0.15) is 5.82 Å². The lowest BCUT2D eigenvalue weighted by Gasteiger charge is -2.24. The Bertz CT molecular complexity index is 784. The number of amides is 1. The van der Waals surface area contributed by atoms with Gasteiger partial charge in [0.2, 0.25) is 5.91 Å². The summed E-state index contributed by atoms with van der Waals surface area (Å²) in [6.45, 7) is 3.19. The number of likely N-dealkylation sites (tertiary alicyclic amines) is 1. The van der Waals surface area contributed by atoms with Gasteiger partial charge in [-0.15, -0.1) is 0 Å². The van der Waals surface area contributed by atoms with E-state index in [1.54, 1.807) is 30.5 Å². The molecule has 0 unspecified atom stereocenters. The minimum Gasteiger partial charge on any atom is -0.494 e. The van der Waals surface area contributed by atoms with Gasteiger partial charge in [0.15, 0.2) is 11.6 Å². The van der Waals surface area contributed by atoms with Crippen LogP contribution >= 0.6 is 0 Å². The van der Waals surface area contributed by atoms with Crippen molar-refractivity contribution >= 4 is 5.91 Å². The molecule has 26 heavy (non-hydrogen) atoms. The molecule has 2 heterocycles. The van der Waals surface area contributed by atoms with Crippen molar-refractivity contribution < 1.29 is 13.9 Å². The molecule has 1 aliphatic heterocycles. The van der Waals surface area contributed by atoms with Crippen molar-refractivity contribution in [1.82, 2.24) is 20.2 Å². The molecule has 0 aliphatic carbocycles. The average Bonchev–Trinajstić information content (AvgIpc) is 3.10. The smallest absolute Gasteiger partial charge is 0.217 e. The van der Waals surface area contributed by atoms with Crippen molar-refractivity contribution in [3.8, 4) is 5.75 Å². The Hall–Kier alpha value is -2.54. The summed E-state index contributed by atoms with van der Waals surface area (Å²) in [5.41, 5.74) is 1.37. The normalized spacial score (nSPS) is 17.3. The van der Waals surface area contributed by atoms with E-state index in [1.165, 1.54) is 14.0 Å². The Balaban J connectivity index is 1.76. The number of nitrogens with one attached hydrogen (secondary N) is 1. The maximum atomic E-state index is 14.5. The number of ether oxygens (including phenoxy) is 1. The molecular weight excluding hydrogens is 335 g/mol. The molecule has 0 saturated carbocycles. The summed E-state index contributed by atoms with van der Waals surface area (Å²) < 4.78 is 19.5. The number of hydrogen-bond donors (Lipinski definition) is 1. The number of methoxy groups -OCH3 is 1. The van der Waals surface area contributed by atoms with Crippen LogP contribution in [0.2, 0.25) is 0 Å². The number of halogens is 1. The summed E-state index contributed by atoms with van der Waals surface area (Å²) in [5.74, 6) is 0.558. The first-order valence-corrected chi connectivity index (χ1v) is 8.70. The SMILES string of the molecule is COc1cccc(CN2CCC[C@H]2c2nccc(CNC(C)=O)n2)c1F. The van der Waals surface area contributed by atoms with Crippen LogP contribution in [0.25, 0.3) is 0 Å². The van der Waals surface area contributed by atoms with Crippen LogP contribution in [0.15, 0.2) is 30.5 Å².